The number of fused-ring (bicyclic) bond motifs is 3. The van der Waals surface area contributed by atoms with Gasteiger partial charge in [-0.1, -0.05) is 56.1 Å². The zero-order valence-corrected chi connectivity index (χ0v) is 52.7. The third-order valence-electron chi connectivity index (χ3n) is 16.7. The highest BCUT2D eigenvalue weighted by atomic mass is 19.1. The van der Waals surface area contributed by atoms with E-state index in [1.807, 2.05) is 41.1 Å². The number of aromatic nitrogens is 15. The summed E-state index contributed by atoms with van der Waals surface area (Å²) in [5.74, 6) is -0.599. The predicted octanol–water partition coefficient (Wildman–Crippen LogP) is 10.1. The number of likely N-dealkylation sites (tertiary alicyclic amines) is 3. The number of carbonyl (C=O) groups is 3. The maximum atomic E-state index is 13.9. The van der Waals surface area contributed by atoms with Crippen molar-refractivity contribution in [1.29, 1.82) is 0 Å². The second-order valence-corrected chi connectivity index (χ2v) is 22.8. The molecule has 6 N–H and O–H groups in total. The van der Waals surface area contributed by atoms with Gasteiger partial charge in [0.2, 0.25) is 41.1 Å². The number of halogens is 3. The molecule has 0 bridgehead atoms. The topological polar surface area (TPSA) is 336 Å². The zero-order valence-electron chi connectivity index (χ0n) is 52.7. The molecule has 3 atom stereocenters. The lowest BCUT2D eigenvalue weighted by Crippen LogP contribution is -2.27. The average Bonchev–Trinajstić information content (AvgIpc) is 1.63. The maximum Gasteiger partial charge on any atom is 0.246 e. The molecule has 12 heterocycles. The van der Waals surface area contributed by atoms with E-state index in [0.29, 0.717) is 130 Å². The molecule has 3 amide bonds. The van der Waals surface area contributed by atoms with Gasteiger partial charge < -0.3 is 46.1 Å². The van der Waals surface area contributed by atoms with Gasteiger partial charge in [-0.15, -0.1) is 0 Å². The molecule has 3 aromatic carbocycles. The quantitative estimate of drug-likeness (QED) is 0.0803. The van der Waals surface area contributed by atoms with Gasteiger partial charge in [-0.25, -0.2) is 72.1 Å². The molecule has 0 unspecified atom stereocenters. The SMILES string of the molecule is C=CC(=O)N1CC[C@@H](n2nc(-c3ccc(Oc4c(F)cccc4F)nc3)c3c(N)ncnc32)C1.C=CC(=O)N1CC[C@@H](n2nc(-c3ccc(Oc4ccccc4)nc3)c3c(N)ncnc32)C1.C=CC(=O)N1CC[C@@H](n2nc(-c3ccc(Oc4ccccc4F)nc3)c3c(N)ncnc32)C1. The number of anilines is 3. The standard InChI is InChI=1S/C23H19F2N7O2.C23H20FN7O2.C23H21N7O2/c1-2-18(33)31-9-8-14(11-31)32-23-19(22(26)28-12-29-23)20(30-32)13-6-7-17(27-10-13)34-21-15(24)4-3-5-16(21)25;1-2-19(32)30-10-9-15(12-30)31-23-20(22(25)27-13-28-23)21(29-31)14-7-8-18(26-11-14)33-17-6-4-3-5-16(17)24;1-2-19(31)29-11-10-16(13-29)30-23-20(22(24)26-14-27-23)21(28-30)15-8-9-18(25-12-15)32-17-6-4-3-5-7-17/h2-7,10,12,14H,1,8-9,11H2,(H2,26,28,29);2-8,11,13,15H,1,9-10,12H2,(H2,25,27,28);2-9,12,14,16H,1,10-11,13H2,(H2,24,26,27)/t14-;15-;16-/m111/s1. The molecule has 498 valence electrons. The van der Waals surface area contributed by atoms with Crippen LogP contribution in [0.15, 0.2) is 185 Å². The minimum absolute atomic E-state index is 0.00934. The van der Waals surface area contributed by atoms with Crippen LogP contribution in [-0.2, 0) is 14.4 Å². The van der Waals surface area contributed by atoms with Gasteiger partial charge in [-0.05, 0) is 92.1 Å². The van der Waals surface area contributed by atoms with Crippen LogP contribution >= 0.6 is 0 Å². The molecule has 3 aliphatic rings. The van der Waals surface area contributed by atoms with E-state index in [0.717, 1.165) is 30.5 Å². The molecule has 3 fully saturated rings. The van der Waals surface area contributed by atoms with Crippen LogP contribution in [0.1, 0.15) is 37.4 Å². The molecule has 30 heteroatoms. The van der Waals surface area contributed by atoms with Crippen molar-refractivity contribution in [2.75, 3.05) is 56.5 Å². The number of nitrogens with zero attached hydrogens (tertiary/aromatic N) is 18. The summed E-state index contributed by atoms with van der Waals surface area (Å²) in [4.78, 5) is 79.7. The first kappa shape index (κ1) is 64.7. The van der Waals surface area contributed by atoms with Crippen molar-refractivity contribution < 1.29 is 41.8 Å². The van der Waals surface area contributed by atoms with Crippen molar-refractivity contribution in [1.82, 2.24) is 88.9 Å². The molecule has 0 radical (unpaired) electrons. The van der Waals surface area contributed by atoms with Crippen LogP contribution in [0.3, 0.4) is 0 Å². The van der Waals surface area contributed by atoms with E-state index in [-0.39, 0.29) is 59.2 Å². The van der Waals surface area contributed by atoms with Crippen LogP contribution in [0.25, 0.3) is 66.9 Å². The summed E-state index contributed by atoms with van der Waals surface area (Å²) in [6.07, 6.45) is 15.0. The minimum atomic E-state index is -0.832. The summed E-state index contributed by atoms with van der Waals surface area (Å²) in [6, 6.07) is 29.0. The highest BCUT2D eigenvalue weighted by molar-refractivity contribution is 6.00. The largest absolute Gasteiger partial charge is 0.439 e. The highest BCUT2D eigenvalue weighted by Crippen LogP contribution is 2.39. The minimum Gasteiger partial charge on any atom is -0.439 e. The molecule has 9 aromatic heterocycles. The van der Waals surface area contributed by atoms with Gasteiger partial charge in [0.1, 0.15) is 59.3 Å². The summed E-state index contributed by atoms with van der Waals surface area (Å²) < 4.78 is 63.6. The Morgan fingerprint density at radius 3 is 1.16 bits per heavy atom. The van der Waals surface area contributed by atoms with Crippen molar-refractivity contribution in [3.8, 4) is 68.7 Å². The van der Waals surface area contributed by atoms with E-state index in [9.17, 15) is 27.6 Å². The van der Waals surface area contributed by atoms with Crippen molar-refractivity contribution in [2.45, 2.75) is 37.4 Å². The summed E-state index contributed by atoms with van der Waals surface area (Å²) in [5.41, 5.74) is 24.1. The van der Waals surface area contributed by atoms with Gasteiger partial charge in [0.25, 0.3) is 0 Å². The van der Waals surface area contributed by atoms with Crippen LogP contribution in [-0.4, -0.2) is 146 Å². The summed E-state index contributed by atoms with van der Waals surface area (Å²) >= 11 is 0. The van der Waals surface area contributed by atoms with Crippen LogP contribution in [0, 0.1) is 17.5 Å². The molecule has 0 spiro atoms. The third-order valence-corrected chi connectivity index (χ3v) is 16.7. The Bertz CT molecular complexity index is 5020. The third kappa shape index (κ3) is 13.4. The van der Waals surface area contributed by atoms with Gasteiger partial charge in [0.05, 0.1) is 34.3 Å². The van der Waals surface area contributed by atoms with Gasteiger partial charge in [-0.2, -0.15) is 15.3 Å². The average molecular weight is 1340 g/mol. The molecule has 0 aliphatic carbocycles. The van der Waals surface area contributed by atoms with Gasteiger partial charge >= 0.3 is 0 Å². The number of ether oxygens (including phenoxy) is 3. The first-order chi connectivity index (χ1) is 48.1. The molecular formula is C69H60F3N21O6. The molecule has 3 saturated heterocycles. The Labute approximate surface area is 561 Å². The number of pyridine rings is 3. The first-order valence-electron chi connectivity index (χ1n) is 31.0. The fraction of sp³-hybridized carbons (Fsp3) is 0.174. The molecule has 12 aromatic rings. The van der Waals surface area contributed by atoms with Crippen molar-refractivity contribution >= 4 is 68.3 Å². The molecule has 99 heavy (non-hydrogen) atoms. The number of nitrogen functional groups attached to an aromatic ring is 3. The van der Waals surface area contributed by atoms with E-state index < -0.39 is 23.2 Å². The summed E-state index contributed by atoms with van der Waals surface area (Å²) in [6.45, 7) is 14.0. The van der Waals surface area contributed by atoms with Crippen molar-refractivity contribution in [3.05, 3.63) is 202 Å². The van der Waals surface area contributed by atoms with E-state index in [1.54, 1.807) is 72.9 Å². The zero-order chi connectivity index (χ0) is 68.8. The molecule has 15 rings (SSSR count). The summed E-state index contributed by atoms with van der Waals surface area (Å²) in [7, 11) is 0. The van der Waals surface area contributed by atoms with Crippen LogP contribution in [0.2, 0.25) is 0 Å². The second-order valence-electron chi connectivity index (χ2n) is 22.8. The number of hydrogen-bond acceptors (Lipinski definition) is 21. The van der Waals surface area contributed by atoms with Crippen LogP contribution in [0.4, 0.5) is 30.6 Å². The van der Waals surface area contributed by atoms with Gasteiger partial charge in [-0.3, -0.25) is 14.4 Å². The Morgan fingerprint density at radius 1 is 0.424 bits per heavy atom. The Morgan fingerprint density at radius 2 is 0.788 bits per heavy atom. The number of rotatable bonds is 15. The Balaban J connectivity index is 0.000000133. The Kier molecular flexibility index (Phi) is 18.4. The van der Waals surface area contributed by atoms with E-state index in [4.69, 9.17) is 46.7 Å². The lowest BCUT2D eigenvalue weighted by atomic mass is 10.1. The lowest BCUT2D eigenvalue weighted by Gasteiger charge is -2.14. The molecule has 3 aliphatic heterocycles. The Hall–Kier alpha value is -13.0. The fourth-order valence-corrected chi connectivity index (χ4v) is 11.8. The number of carbonyl (C=O) groups excluding carboxylic acids is 3. The van der Waals surface area contributed by atoms with Crippen LogP contribution < -0.4 is 31.4 Å². The summed E-state index contributed by atoms with van der Waals surface area (Å²) in [5, 5.41) is 16.2. The van der Waals surface area contributed by atoms with Gasteiger partial charge in [0.15, 0.2) is 40.1 Å². The predicted molar refractivity (Wildman–Crippen MR) is 360 cm³/mol. The first-order valence-corrected chi connectivity index (χ1v) is 31.0. The van der Waals surface area contributed by atoms with Crippen molar-refractivity contribution in [3.63, 3.8) is 0 Å². The number of benzene rings is 3. The van der Waals surface area contributed by atoms with Crippen LogP contribution in [0.5, 0.6) is 34.9 Å². The van der Waals surface area contributed by atoms with E-state index >= 15 is 0 Å². The van der Waals surface area contributed by atoms with Gasteiger partial charge in [0, 0.05) is 92.7 Å². The number of nitrogens with two attached hydrogens (primary N) is 3. The monoisotopic (exact) mass is 1340 g/mol. The number of hydrogen-bond donors (Lipinski definition) is 3. The smallest absolute Gasteiger partial charge is 0.246 e. The molecule has 27 nitrogen and oxygen atoms in total. The van der Waals surface area contributed by atoms with Crippen molar-refractivity contribution in [2.24, 2.45) is 0 Å². The number of amides is 3. The molecule has 0 saturated carbocycles. The second kappa shape index (κ2) is 28.1. The highest BCUT2D eigenvalue weighted by Gasteiger charge is 2.34. The van der Waals surface area contributed by atoms with E-state index in [1.165, 1.54) is 67.7 Å². The maximum absolute atomic E-state index is 13.9. The fourth-order valence-electron chi connectivity index (χ4n) is 11.8. The molecular weight excluding hydrogens is 1280 g/mol. The van der Waals surface area contributed by atoms with E-state index in [2.05, 4.69) is 64.6 Å². The number of para-hydroxylation sites is 3. The lowest BCUT2D eigenvalue weighted by molar-refractivity contribution is -0.125. The normalized spacial score (nSPS) is 15.7.